The van der Waals surface area contributed by atoms with Crippen molar-refractivity contribution in [2.75, 3.05) is 0 Å². The summed E-state index contributed by atoms with van der Waals surface area (Å²) in [5.41, 5.74) is 6.03. The minimum atomic E-state index is -0.619. The normalized spacial score (nSPS) is 18.0. The summed E-state index contributed by atoms with van der Waals surface area (Å²) in [7, 11) is -0.619. The molecule has 0 aromatic heterocycles. The second-order valence-electron chi connectivity index (χ2n) is 3.41. The van der Waals surface area contributed by atoms with E-state index >= 15 is 0 Å². The summed E-state index contributed by atoms with van der Waals surface area (Å²) in [5, 5.41) is 0.189. The molecule has 0 fully saturated rings. The molecule has 0 saturated carbocycles. The quantitative estimate of drug-likeness (QED) is 0.599. The fourth-order valence-electron chi connectivity index (χ4n) is 0.827. The molecule has 0 spiro atoms. The molecular formula is C7H19NSi. The van der Waals surface area contributed by atoms with Crippen LogP contribution in [0.15, 0.2) is 0 Å². The lowest BCUT2D eigenvalue weighted by molar-refractivity contribution is 0.572. The van der Waals surface area contributed by atoms with E-state index in [0.717, 1.165) is 0 Å². The zero-order chi connectivity index (χ0) is 7.49. The van der Waals surface area contributed by atoms with Gasteiger partial charge in [-0.15, -0.1) is 0 Å². The van der Waals surface area contributed by atoms with Crippen molar-refractivity contribution in [2.45, 2.75) is 44.9 Å². The van der Waals surface area contributed by atoms with Crippen molar-refractivity contribution in [1.29, 1.82) is 0 Å². The van der Waals surface area contributed by atoms with Crippen LogP contribution in [0.25, 0.3) is 0 Å². The van der Waals surface area contributed by atoms with E-state index < -0.39 is 8.80 Å². The van der Waals surface area contributed by atoms with Gasteiger partial charge in [0.15, 0.2) is 0 Å². The molecule has 1 atom stereocenters. The van der Waals surface area contributed by atoms with Gasteiger partial charge in [-0.05, 0) is 6.42 Å². The molecule has 1 unspecified atom stereocenters. The van der Waals surface area contributed by atoms with Gasteiger partial charge in [0.2, 0.25) is 0 Å². The first-order valence-electron chi connectivity index (χ1n) is 3.79. The van der Waals surface area contributed by atoms with Crippen LogP contribution in [0.4, 0.5) is 0 Å². The molecule has 0 heterocycles. The Hall–Kier alpha value is 0.177. The van der Waals surface area contributed by atoms with Crippen molar-refractivity contribution in [1.82, 2.24) is 0 Å². The maximum absolute atomic E-state index is 6.03. The first-order valence-corrected chi connectivity index (χ1v) is 6.68. The third-order valence-electron chi connectivity index (χ3n) is 2.11. The molecule has 0 aromatic rings. The molecule has 2 heteroatoms. The average molecular weight is 145 g/mol. The molecule has 0 aliphatic heterocycles. The maximum atomic E-state index is 6.03. The van der Waals surface area contributed by atoms with E-state index in [0.29, 0.717) is 0 Å². The number of nitrogens with two attached hydrogens (primary N) is 1. The highest BCUT2D eigenvalue weighted by Gasteiger charge is 2.21. The highest BCUT2D eigenvalue weighted by atomic mass is 28.3. The fourth-order valence-corrected chi connectivity index (χ4v) is 1.69. The van der Waals surface area contributed by atoms with Crippen LogP contribution < -0.4 is 5.73 Å². The lowest BCUT2D eigenvalue weighted by Gasteiger charge is -2.27. The summed E-state index contributed by atoms with van der Waals surface area (Å²) < 4.78 is 0. The molecular weight excluding hydrogens is 126 g/mol. The van der Waals surface area contributed by atoms with Crippen molar-refractivity contribution in [2.24, 2.45) is 5.73 Å². The van der Waals surface area contributed by atoms with E-state index in [1.807, 2.05) is 0 Å². The molecule has 0 aliphatic carbocycles. The minimum Gasteiger partial charge on any atom is -0.328 e. The van der Waals surface area contributed by atoms with Crippen LogP contribution in [-0.4, -0.2) is 14.0 Å². The van der Waals surface area contributed by atoms with E-state index in [2.05, 4.69) is 26.9 Å². The van der Waals surface area contributed by atoms with Crippen molar-refractivity contribution in [3.8, 4) is 0 Å². The standard InChI is InChI=1S/C7H19NSi/c1-5-6-7(2,8)9(3)4/h9H,5-6,8H2,1-4H3. The topological polar surface area (TPSA) is 26.0 Å². The molecule has 0 radical (unpaired) electrons. The van der Waals surface area contributed by atoms with E-state index in [1.165, 1.54) is 12.8 Å². The lowest BCUT2D eigenvalue weighted by Crippen LogP contribution is -2.47. The molecule has 0 amide bonds. The van der Waals surface area contributed by atoms with Gasteiger partial charge in [-0.3, -0.25) is 0 Å². The number of rotatable bonds is 3. The molecule has 0 saturated heterocycles. The average Bonchev–Trinajstić information content (AvgIpc) is 1.65. The predicted molar refractivity (Wildman–Crippen MR) is 46.4 cm³/mol. The van der Waals surface area contributed by atoms with Gasteiger partial charge in [0, 0.05) is 5.16 Å². The molecule has 0 aliphatic rings. The number of hydrogen-bond acceptors (Lipinski definition) is 1. The van der Waals surface area contributed by atoms with Crippen LogP contribution in [0.5, 0.6) is 0 Å². The van der Waals surface area contributed by atoms with Crippen molar-refractivity contribution >= 4 is 8.80 Å². The summed E-state index contributed by atoms with van der Waals surface area (Å²) >= 11 is 0. The SMILES string of the molecule is CCCC(C)(N)[SiH](C)C. The Labute approximate surface area is 60.2 Å². The molecule has 9 heavy (non-hydrogen) atoms. The van der Waals surface area contributed by atoms with Crippen LogP contribution in [0.1, 0.15) is 26.7 Å². The Bertz CT molecular complexity index is 79.0. The number of hydrogen-bond donors (Lipinski definition) is 1. The summed E-state index contributed by atoms with van der Waals surface area (Å²) in [6, 6.07) is 0. The van der Waals surface area contributed by atoms with Gasteiger partial charge in [0.25, 0.3) is 0 Å². The molecule has 2 N–H and O–H groups in total. The molecule has 0 rings (SSSR count). The van der Waals surface area contributed by atoms with Gasteiger partial charge in [-0.1, -0.05) is 33.4 Å². The molecule has 0 aromatic carbocycles. The highest BCUT2D eigenvalue weighted by Crippen LogP contribution is 2.11. The first kappa shape index (κ1) is 9.18. The zero-order valence-electron chi connectivity index (χ0n) is 7.07. The first-order chi connectivity index (χ1) is 4.00. The zero-order valence-corrected chi connectivity index (χ0v) is 8.22. The van der Waals surface area contributed by atoms with Crippen LogP contribution in [0.2, 0.25) is 13.1 Å². The Morgan fingerprint density at radius 1 is 1.44 bits per heavy atom. The smallest absolute Gasteiger partial charge is 0.0538 e. The lowest BCUT2D eigenvalue weighted by atomic mass is 10.2. The van der Waals surface area contributed by atoms with Crippen LogP contribution in [-0.2, 0) is 0 Å². The fraction of sp³-hybridized carbons (Fsp3) is 1.00. The van der Waals surface area contributed by atoms with Crippen molar-refractivity contribution in [3.05, 3.63) is 0 Å². The van der Waals surface area contributed by atoms with Gasteiger partial charge in [-0.25, -0.2) is 0 Å². The van der Waals surface area contributed by atoms with Gasteiger partial charge >= 0.3 is 0 Å². The van der Waals surface area contributed by atoms with Gasteiger partial charge in [-0.2, -0.15) is 0 Å². The predicted octanol–water partition coefficient (Wildman–Crippen LogP) is 1.53. The molecule has 56 valence electrons. The summed E-state index contributed by atoms with van der Waals surface area (Å²) in [4.78, 5) is 0. The largest absolute Gasteiger partial charge is 0.328 e. The molecule has 0 bridgehead atoms. The Morgan fingerprint density at radius 2 is 1.89 bits per heavy atom. The van der Waals surface area contributed by atoms with E-state index in [-0.39, 0.29) is 5.16 Å². The van der Waals surface area contributed by atoms with Gasteiger partial charge < -0.3 is 5.73 Å². The van der Waals surface area contributed by atoms with E-state index in [1.54, 1.807) is 0 Å². The van der Waals surface area contributed by atoms with Crippen molar-refractivity contribution < 1.29 is 0 Å². The second kappa shape index (κ2) is 3.37. The Balaban J connectivity index is 3.70. The second-order valence-corrected chi connectivity index (χ2v) is 7.04. The monoisotopic (exact) mass is 145 g/mol. The third kappa shape index (κ3) is 3.01. The van der Waals surface area contributed by atoms with Crippen molar-refractivity contribution in [3.63, 3.8) is 0 Å². The van der Waals surface area contributed by atoms with Crippen LogP contribution >= 0.6 is 0 Å². The van der Waals surface area contributed by atoms with Crippen LogP contribution in [0.3, 0.4) is 0 Å². The third-order valence-corrected chi connectivity index (χ3v) is 5.03. The molecule has 1 nitrogen and oxygen atoms in total. The van der Waals surface area contributed by atoms with E-state index in [9.17, 15) is 0 Å². The highest BCUT2D eigenvalue weighted by molar-refractivity contribution is 6.59. The van der Waals surface area contributed by atoms with Gasteiger partial charge in [0.05, 0.1) is 8.80 Å². The minimum absolute atomic E-state index is 0.189. The summed E-state index contributed by atoms with van der Waals surface area (Å²) in [6.45, 7) is 9.01. The maximum Gasteiger partial charge on any atom is 0.0538 e. The van der Waals surface area contributed by atoms with Crippen LogP contribution in [0, 0.1) is 0 Å². The summed E-state index contributed by atoms with van der Waals surface area (Å²) in [6.07, 6.45) is 2.41. The summed E-state index contributed by atoms with van der Waals surface area (Å²) in [5.74, 6) is 0. The Kier molecular flexibility index (Phi) is 3.44. The Morgan fingerprint density at radius 3 is 2.00 bits per heavy atom. The van der Waals surface area contributed by atoms with E-state index in [4.69, 9.17) is 5.73 Å². The van der Waals surface area contributed by atoms with Gasteiger partial charge in [0.1, 0.15) is 0 Å².